The highest BCUT2D eigenvalue weighted by Crippen LogP contribution is 2.48. The molecule has 0 saturated carbocycles. The van der Waals surface area contributed by atoms with Crippen molar-refractivity contribution in [3.8, 4) is 0 Å². The van der Waals surface area contributed by atoms with Crippen molar-refractivity contribution in [2.45, 2.75) is 24.6 Å². The van der Waals surface area contributed by atoms with E-state index >= 15 is 0 Å². The third-order valence-electron chi connectivity index (χ3n) is 6.36. The molecule has 0 fully saturated rings. The van der Waals surface area contributed by atoms with Crippen LogP contribution in [-0.2, 0) is 18.7 Å². The predicted octanol–water partition coefficient (Wildman–Crippen LogP) is 5.51. The lowest BCUT2D eigenvalue weighted by atomic mass is 9.79. The molecule has 2 unspecified atom stereocenters. The molecule has 5 rings (SSSR count). The highest BCUT2D eigenvalue weighted by Gasteiger charge is 2.53. The summed E-state index contributed by atoms with van der Waals surface area (Å²) in [5.74, 6) is -0.469. The van der Waals surface area contributed by atoms with Crippen LogP contribution in [0.15, 0.2) is 115 Å². The van der Waals surface area contributed by atoms with E-state index in [9.17, 15) is 9.90 Å². The number of rotatable bonds is 6. The third kappa shape index (κ3) is 3.51. The molecule has 4 aromatic rings. The normalized spacial score (nSPS) is 18.4. The van der Waals surface area contributed by atoms with Crippen LogP contribution in [0.3, 0.4) is 0 Å². The molecule has 2 atom stereocenters. The molecule has 158 valence electrons. The first-order valence-corrected chi connectivity index (χ1v) is 10.9. The first kappa shape index (κ1) is 20.2. The van der Waals surface area contributed by atoms with Crippen LogP contribution in [0, 0.1) is 0 Å². The zero-order valence-electron chi connectivity index (χ0n) is 17.8. The van der Waals surface area contributed by atoms with Crippen molar-refractivity contribution in [1.82, 2.24) is 4.90 Å². The topological polar surface area (TPSA) is 40.5 Å². The summed E-state index contributed by atoms with van der Waals surface area (Å²) in [6.45, 7) is 0.336. The Morgan fingerprint density at radius 2 is 1.22 bits per heavy atom. The van der Waals surface area contributed by atoms with Gasteiger partial charge in [-0.3, -0.25) is 4.79 Å². The molecule has 32 heavy (non-hydrogen) atoms. The van der Waals surface area contributed by atoms with Crippen molar-refractivity contribution >= 4 is 5.91 Å². The number of hydrogen-bond donors (Lipinski definition) is 1. The maximum absolute atomic E-state index is 13.6. The Morgan fingerprint density at radius 3 is 1.88 bits per heavy atom. The summed E-state index contributed by atoms with van der Waals surface area (Å²) in [7, 11) is 0. The van der Waals surface area contributed by atoms with Gasteiger partial charge in [0.05, 0.1) is 0 Å². The number of benzene rings is 4. The van der Waals surface area contributed by atoms with Gasteiger partial charge in [-0.1, -0.05) is 109 Å². The van der Waals surface area contributed by atoms with Gasteiger partial charge in [0.15, 0.2) is 5.72 Å². The Morgan fingerprint density at radius 1 is 0.688 bits per heavy atom. The molecule has 1 N–H and O–H groups in total. The summed E-state index contributed by atoms with van der Waals surface area (Å²) in [5.41, 5.74) is 2.87. The Bertz CT molecular complexity index is 1210. The fraction of sp³-hybridized carbons (Fsp3) is 0.138. The minimum Gasteiger partial charge on any atom is -0.366 e. The monoisotopic (exact) mass is 419 g/mol. The lowest BCUT2D eigenvalue weighted by Crippen LogP contribution is -2.48. The van der Waals surface area contributed by atoms with Gasteiger partial charge in [0.2, 0.25) is 0 Å². The first-order valence-electron chi connectivity index (χ1n) is 10.9. The Hall–Kier alpha value is -3.69. The maximum Gasteiger partial charge on any atom is 0.257 e. The minimum absolute atomic E-state index is 0.138. The van der Waals surface area contributed by atoms with Gasteiger partial charge in [0.1, 0.15) is 0 Å². The van der Waals surface area contributed by atoms with Gasteiger partial charge in [-0.15, -0.1) is 0 Å². The molecule has 0 aliphatic carbocycles. The number of carbonyl (C=O) groups excluding carboxylic acids is 1. The molecule has 0 radical (unpaired) electrons. The van der Waals surface area contributed by atoms with Gasteiger partial charge in [0.25, 0.3) is 5.91 Å². The van der Waals surface area contributed by atoms with Crippen molar-refractivity contribution in [2.24, 2.45) is 0 Å². The number of hydrogen-bond acceptors (Lipinski definition) is 2. The van der Waals surface area contributed by atoms with Crippen molar-refractivity contribution in [3.63, 3.8) is 0 Å². The predicted molar refractivity (Wildman–Crippen MR) is 126 cm³/mol. The van der Waals surface area contributed by atoms with E-state index in [4.69, 9.17) is 0 Å². The molecule has 4 aromatic carbocycles. The quantitative estimate of drug-likeness (QED) is 0.447. The van der Waals surface area contributed by atoms with E-state index in [0.717, 1.165) is 16.7 Å². The van der Waals surface area contributed by atoms with Crippen molar-refractivity contribution < 1.29 is 9.90 Å². The number of carbonyl (C=O) groups is 1. The molecule has 1 heterocycles. The standard InChI is InChI=1S/C29H25NO2/c31-28-25-18-10-11-19-26(25)29(32,30(28)21-23-14-6-2-7-15-23)27(24-16-8-3-9-17-24)20-22-12-4-1-5-13-22/h1-19,27,32H,20-21H2. The highest BCUT2D eigenvalue weighted by atomic mass is 16.3. The Balaban J connectivity index is 1.67. The SMILES string of the molecule is O=C1c2ccccc2C(O)(C(Cc2ccccc2)c2ccccc2)N1Cc1ccccc1. The smallest absolute Gasteiger partial charge is 0.257 e. The molecule has 3 nitrogen and oxygen atoms in total. The summed E-state index contributed by atoms with van der Waals surface area (Å²) in [4.78, 5) is 15.2. The molecule has 0 saturated heterocycles. The van der Waals surface area contributed by atoms with E-state index in [1.54, 1.807) is 4.90 Å². The average Bonchev–Trinajstić information content (AvgIpc) is 3.07. The summed E-state index contributed by atoms with van der Waals surface area (Å²) in [5, 5.41) is 12.5. The highest BCUT2D eigenvalue weighted by molar-refractivity contribution is 5.99. The lowest BCUT2D eigenvalue weighted by molar-refractivity contribution is -0.109. The third-order valence-corrected chi connectivity index (χ3v) is 6.36. The number of aliphatic hydroxyl groups is 1. The fourth-order valence-electron chi connectivity index (χ4n) is 4.80. The van der Waals surface area contributed by atoms with Crippen LogP contribution in [-0.4, -0.2) is 15.9 Å². The van der Waals surface area contributed by atoms with Crippen molar-refractivity contribution in [3.05, 3.63) is 143 Å². The molecular weight excluding hydrogens is 394 g/mol. The Kier molecular flexibility index (Phi) is 5.34. The summed E-state index contributed by atoms with van der Waals surface area (Å²) in [6, 6.07) is 37.5. The number of amides is 1. The second-order valence-electron chi connectivity index (χ2n) is 8.30. The van der Waals surface area contributed by atoms with E-state index in [1.807, 2.05) is 103 Å². The molecule has 0 spiro atoms. The second-order valence-corrected chi connectivity index (χ2v) is 8.30. The zero-order valence-corrected chi connectivity index (χ0v) is 17.8. The van der Waals surface area contributed by atoms with E-state index in [1.165, 1.54) is 0 Å². The van der Waals surface area contributed by atoms with Crippen LogP contribution in [0.5, 0.6) is 0 Å². The number of nitrogens with zero attached hydrogens (tertiary/aromatic N) is 1. The van der Waals surface area contributed by atoms with Gasteiger partial charge in [-0.25, -0.2) is 0 Å². The second kappa shape index (κ2) is 8.45. The van der Waals surface area contributed by atoms with Gasteiger partial charge >= 0.3 is 0 Å². The lowest BCUT2D eigenvalue weighted by Gasteiger charge is -2.41. The van der Waals surface area contributed by atoms with E-state index in [-0.39, 0.29) is 11.8 Å². The van der Waals surface area contributed by atoms with E-state index in [0.29, 0.717) is 24.1 Å². The van der Waals surface area contributed by atoms with Gasteiger partial charge in [0, 0.05) is 23.6 Å². The maximum atomic E-state index is 13.6. The molecule has 1 aliphatic heterocycles. The minimum atomic E-state index is -1.47. The van der Waals surface area contributed by atoms with Crippen LogP contribution in [0.2, 0.25) is 0 Å². The van der Waals surface area contributed by atoms with Crippen LogP contribution in [0.25, 0.3) is 0 Å². The summed E-state index contributed by atoms with van der Waals surface area (Å²) in [6.07, 6.45) is 0.605. The first-order chi connectivity index (χ1) is 15.7. The zero-order chi connectivity index (χ0) is 22.0. The molecule has 3 heteroatoms. The van der Waals surface area contributed by atoms with E-state index in [2.05, 4.69) is 12.1 Å². The van der Waals surface area contributed by atoms with Crippen LogP contribution < -0.4 is 0 Å². The van der Waals surface area contributed by atoms with Crippen LogP contribution >= 0.6 is 0 Å². The van der Waals surface area contributed by atoms with E-state index < -0.39 is 5.72 Å². The number of fused-ring (bicyclic) bond motifs is 1. The molecular formula is C29H25NO2. The average molecular weight is 420 g/mol. The van der Waals surface area contributed by atoms with Crippen molar-refractivity contribution in [1.29, 1.82) is 0 Å². The summed E-state index contributed by atoms with van der Waals surface area (Å²) >= 11 is 0. The van der Waals surface area contributed by atoms with Gasteiger partial charge in [-0.2, -0.15) is 0 Å². The van der Waals surface area contributed by atoms with Crippen LogP contribution in [0.4, 0.5) is 0 Å². The molecule has 0 bridgehead atoms. The van der Waals surface area contributed by atoms with Gasteiger partial charge in [-0.05, 0) is 29.2 Å². The van der Waals surface area contributed by atoms with Crippen LogP contribution in [0.1, 0.15) is 38.5 Å². The van der Waals surface area contributed by atoms with Crippen molar-refractivity contribution in [2.75, 3.05) is 0 Å². The fourth-order valence-corrected chi connectivity index (χ4v) is 4.80. The Labute approximate surface area is 188 Å². The molecule has 1 amide bonds. The largest absolute Gasteiger partial charge is 0.366 e. The molecule has 0 aromatic heterocycles. The summed E-state index contributed by atoms with van der Waals surface area (Å²) < 4.78 is 0. The molecule has 1 aliphatic rings. The van der Waals surface area contributed by atoms with Gasteiger partial charge < -0.3 is 10.0 Å².